The maximum Gasteiger partial charge on any atom is 0.414 e. The SMILES string of the molecule is CC(CCNCCCCNC(=O)C(F)C(=O)NCCCCCCCCN=C(NC(=O)OC(C)(C)C)NC(=O)OC(C)(C)C)NC(=O)OC(C)(C)C. The van der Waals surface area contributed by atoms with Gasteiger partial charge in [0.05, 0.1) is 0 Å². The highest BCUT2D eigenvalue weighted by Gasteiger charge is 2.25. The Bertz CT molecular complexity index is 1070. The van der Waals surface area contributed by atoms with E-state index in [1.807, 2.05) is 27.7 Å². The Hall–Kier alpha value is -3.69. The van der Waals surface area contributed by atoms with Crippen molar-refractivity contribution in [2.45, 2.75) is 156 Å². The van der Waals surface area contributed by atoms with Crippen molar-refractivity contribution in [1.82, 2.24) is 31.9 Å². The van der Waals surface area contributed by atoms with Gasteiger partial charge in [-0.2, -0.15) is 0 Å². The Labute approximate surface area is 304 Å². The first-order valence-electron chi connectivity index (χ1n) is 18.0. The lowest BCUT2D eigenvalue weighted by atomic mass is 10.1. The highest BCUT2D eigenvalue weighted by molar-refractivity contribution is 6.03. The first-order valence-corrected chi connectivity index (χ1v) is 18.0. The number of nitrogens with one attached hydrogen (secondary N) is 6. The van der Waals surface area contributed by atoms with Crippen molar-refractivity contribution in [3.05, 3.63) is 0 Å². The molecule has 51 heavy (non-hydrogen) atoms. The Morgan fingerprint density at radius 2 is 1.00 bits per heavy atom. The third-order valence-corrected chi connectivity index (χ3v) is 6.45. The maximum absolute atomic E-state index is 14.3. The van der Waals surface area contributed by atoms with E-state index < -0.39 is 53.1 Å². The Balaban J connectivity index is 4.11. The standard InChI is InChI=1S/C35H66FN7O8/c1-25(41-30(46)49-33(2,3)4)19-24-37-20-17-18-22-39-28(45)26(36)27(44)38-21-15-13-11-12-14-16-23-40-29(42-31(47)50-34(5,6)7)43-32(48)51-35(8,9)10/h25-26,37H,11-24H2,1-10H3,(H,38,44)(H,39,45)(H,41,46)(H2,40,42,43,47,48). The van der Waals surface area contributed by atoms with Gasteiger partial charge in [-0.1, -0.05) is 25.7 Å². The molecule has 0 aromatic rings. The first-order chi connectivity index (χ1) is 23.6. The summed E-state index contributed by atoms with van der Waals surface area (Å²) in [6.07, 6.45) is 2.67. The van der Waals surface area contributed by atoms with Gasteiger partial charge in [0.2, 0.25) is 5.96 Å². The minimum atomic E-state index is -2.26. The Morgan fingerprint density at radius 1 is 0.588 bits per heavy atom. The van der Waals surface area contributed by atoms with Crippen LogP contribution in [0.3, 0.4) is 0 Å². The van der Waals surface area contributed by atoms with Gasteiger partial charge in [0.15, 0.2) is 0 Å². The smallest absolute Gasteiger partial charge is 0.414 e. The number of hydrogen-bond acceptors (Lipinski definition) is 10. The van der Waals surface area contributed by atoms with E-state index in [0.29, 0.717) is 38.9 Å². The van der Waals surface area contributed by atoms with E-state index in [2.05, 4.69) is 36.9 Å². The molecule has 0 heterocycles. The summed E-state index contributed by atoms with van der Waals surface area (Å²) in [7, 11) is 0. The molecule has 15 nitrogen and oxygen atoms in total. The number of hydrogen-bond donors (Lipinski definition) is 6. The fraction of sp³-hybridized carbons (Fsp3) is 0.829. The van der Waals surface area contributed by atoms with E-state index in [1.54, 1.807) is 41.5 Å². The molecule has 0 aromatic carbocycles. The molecule has 0 aliphatic heterocycles. The van der Waals surface area contributed by atoms with E-state index in [-0.39, 0.29) is 25.1 Å². The van der Waals surface area contributed by atoms with Crippen molar-refractivity contribution in [2.75, 3.05) is 32.7 Å². The van der Waals surface area contributed by atoms with Crippen LogP contribution < -0.4 is 31.9 Å². The number of carbonyl (C=O) groups excluding carboxylic acids is 5. The van der Waals surface area contributed by atoms with Crippen LogP contribution in [0.15, 0.2) is 4.99 Å². The normalized spacial score (nSPS) is 12.8. The van der Waals surface area contributed by atoms with E-state index in [0.717, 1.165) is 38.5 Å². The molecule has 2 unspecified atom stereocenters. The minimum Gasteiger partial charge on any atom is -0.444 e. The number of alkyl halides is 1. The third-order valence-electron chi connectivity index (χ3n) is 6.45. The molecule has 0 aromatic heterocycles. The number of aliphatic imine (C=N–C) groups is 1. The topological polar surface area (TPSA) is 198 Å². The molecule has 0 rings (SSSR count). The monoisotopic (exact) mass is 731 g/mol. The van der Waals surface area contributed by atoms with Gasteiger partial charge >= 0.3 is 18.3 Å². The Kier molecular flexibility index (Phi) is 22.7. The molecular weight excluding hydrogens is 665 g/mol. The van der Waals surface area contributed by atoms with Crippen molar-refractivity contribution in [1.29, 1.82) is 0 Å². The van der Waals surface area contributed by atoms with Crippen LogP contribution in [0.2, 0.25) is 0 Å². The molecule has 0 fully saturated rings. The predicted molar refractivity (Wildman–Crippen MR) is 195 cm³/mol. The van der Waals surface area contributed by atoms with Gasteiger partial charge in [0.25, 0.3) is 18.0 Å². The number of unbranched alkanes of at least 4 members (excludes halogenated alkanes) is 6. The second kappa shape index (κ2) is 24.5. The van der Waals surface area contributed by atoms with Crippen molar-refractivity contribution >= 4 is 36.1 Å². The van der Waals surface area contributed by atoms with Crippen LogP contribution in [0.4, 0.5) is 18.8 Å². The fourth-order valence-corrected chi connectivity index (χ4v) is 4.17. The van der Waals surface area contributed by atoms with Crippen LogP contribution in [0, 0.1) is 0 Å². The van der Waals surface area contributed by atoms with Crippen LogP contribution in [-0.2, 0) is 23.8 Å². The number of alkyl carbamates (subject to hydrolysis) is 3. The lowest BCUT2D eigenvalue weighted by Crippen LogP contribution is -2.47. The molecule has 0 saturated carbocycles. The number of halogens is 1. The molecule has 0 saturated heterocycles. The van der Waals surface area contributed by atoms with Crippen molar-refractivity contribution in [2.24, 2.45) is 4.99 Å². The predicted octanol–water partition coefficient (Wildman–Crippen LogP) is 4.98. The average molecular weight is 732 g/mol. The largest absolute Gasteiger partial charge is 0.444 e. The van der Waals surface area contributed by atoms with Gasteiger partial charge < -0.3 is 35.5 Å². The molecule has 16 heteroatoms. The summed E-state index contributed by atoms with van der Waals surface area (Å²) in [6.45, 7) is 19.9. The summed E-state index contributed by atoms with van der Waals surface area (Å²) < 4.78 is 30.0. The summed E-state index contributed by atoms with van der Waals surface area (Å²) >= 11 is 0. The zero-order valence-corrected chi connectivity index (χ0v) is 32.6. The quantitative estimate of drug-likeness (QED) is 0.0329. The zero-order valence-electron chi connectivity index (χ0n) is 32.6. The summed E-state index contributed by atoms with van der Waals surface area (Å²) in [5.41, 5.74) is -1.99. The highest BCUT2D eigenvalue weighted by Crippen LogP contribution is 2.09. The molecule has 5 amide bonds. The van der Waals surface area contributed by atoms with E-state index >= 15 is 0 Å². The lowest BCUT2D eigenvalue weighted by Gasteiger charge is -2.22. The van der Waals surface area contributed by atoms with Crippen LogP contribution in [0.25, 0.3) is 0 Å². The molecule has 0 aliphatic rings. The number of rotatable bonds is 20. The molecule has 0 bridgehead atoms. The van der Waals surface area contributed by atoms with Crippen LogP contribution >= 0.6 is 0 Å². The highest BCUT2D eigenvalue weighted by atomic mass is 19.1. The first kappa shape index (κ1) is 47.3. The molecule has 6 N–H and O–H groups in total. The van der Waals surface area contributed by atoms with Crippen LogP contribution in [0.1, 0.15) is 127 Å². The minimum absolute atomic E-state index is 0.0497. The number of amides is 5. The third kappa shape index (κ3) is 29.7. The molecular formula is C35H66FN7O8. The molecule has 2 atom stereocenters. The Morgan fingerprint density at radius 3 is 1.49 bits per heavy atom. The summed E-state index contributed by atoms with van der Waals surface area (Å²) in [5.74, 6) is -1.96. The van der Waals surface area contributed by atoms with Gasteiger partial charge in [0, 0.05) is 25.7 Å². The van der Waals surface area contributed by atoms with Crippen molar-refractivity contribution in [3.63, 3.8) is 0 Å². The van der Waals surface area contributed by atoms with Gasteiger partial charge in [0.1, 0.15) is 16.8 Å². The second-order valence-electron chi connectivity index (χ2n) is 15.3. The number of guanidine groups is 1. The molecule has 0 aliphatic carbocycles. The zero-order chi connectivity index (χ0) is 39.1. The van der Waals surface area contributed by atoms with Crippen LogP contribution in [-0.4, -0.2) is 97.8 Å². The summed E-state index contributed by atoms with van der Waals surface area (Å²) in [6, 6.07) is -0.0497. The van der Waals surface area contributed by atoms with Gasteiger partial charge in [-0.15, -0.1) is 0 Å². The molecule has 296 valence electrons. The average Bonchev–Trinajstić information content (AvgIpc) is 2.95. The second-order valence-corrected chi connectivity index (χ2v) is 15.3. The van der Waals surface area contributed by atoms with E-state index in [4.69, 9.17) is 14.2 Å². The van der Waals surface area contributed by atoms with Crippen LogP contribution in [0.5, 0.6) is 0 Å². The van der Waals surface area contributed by atoms with Crippen molar-refractivity contribution < 1.29 is 42.6 Å². The maximum atomic E-state index is 14.3. The van der Waals surface area contributed by atoms with Crippen molar-refractivity contribution in [3.8, 4) is 0 Å². The van der Waals surface area contributed by atoms with Gasteiger partial charge in [-0.3, -0.25) is 25.2 Å². The van der Waals surface area contributed by atoms with Gasteiger partial charge in [-0.05, 0) is 114 Å². The summed E-state index contributed by atoms with van der Waals surface area (Å²) in [4.78, 5) is 64.5. The fourth-order valence-electron chi connectivity index (χ4n) is 4.17. The van der Waals surface area contributed by atoms with E-state index in [1.165, 1.54) is 0 Å². The number of nitrogens with zero attached hydrogens (tertiary/aromatic N) is 1. The number of ether oxygens (including phenoxy) is 3. The number of carbonyl (C=O) groups is 5. The molecule has 0 radical (unpaired) electrons. The molecule has 0 spiro atoms. The lowest BCUT2D eigenvalue weighted by molar-refractivity contribution is -0.136. The van der Waals surface area contributed by atoms with Gasteiger partial charge in [-0.25, -0.2) is 18.8 Å². The van der Waals surface area contributed by atoms with E-state index in [9.17, 15) is 28.4 Å². The summed E-state index contributed by atoms with van der Waals surface area (Å²) in [5, 5.41) is 15.9.